The molecule has 0 saturated carbocycles. The van der Waals surface area contributed by atoms with E-state index < -0.39 is 0 Å². The predicted octanol–water partition coefficient (Wildman–Crippen LogP) is 1.06. The second-order valence-corrected chi connectivity index (χ2v) is 5.39. The van der Waals surface area contributed by atoms with E-state index in [1.807, 2.05) is 6.92 Å². The van der Waals surface area contributed by atoms with E-state index in [2.05, 4.69) is 18.7 Å². The van der Waals surface area contributed by atoms with Gasteiger partial charge in [-0.3, -0.25) is 0 Å². The van der Waals surface area contributed by atoms with Crippen LogP contribution in [0.4, 0.5) is 0 Å². The highest BCUT2D eigenvalue weighted by molar-refractivity contribution is 4.84. The van der Waals surface area contributed by atoms with Gasteiger partial charge < -0.3 is 15.7 Å². The fraction of sp³-hybridized carbons (Fsp3) is 1.00. The van der Waals surface area contributed by atoms with Crippen molar-refractivity contribution in [2.45, 2.75) is 39.7 Å². The minimum atomic E-state index is -0.166. The maximum atomic E-state index is 9.53. The lowest BCUT2D eigenvalue weighted by Gasteiger charge is -2.31. The molecule has 0 aromatic carbocycles. The summed E-state index contributed by atoms with van der Waals surface area (Å²) < 4.78 is 0. The van der Waals surface area contributed by atoms with E-state index in [1.165, 1.54) is 0 Å². The van der Waals surface area contributed by atoms with Crippen LogP contribution in [0.1, 0.15) is 33.6 Å². The number of aliphatic hydroxyl groups excluding tert-OH is 1. The molecular weight excluding hydrogens is 188 g/mol. The van der Waals surface area contributed by atoms with Gasteiger partial charge in [-0.05, 0) is 44.2 Å². The molecule has 3 unspecified atom stereocenters. The third kappa shape index (κ3) is 3.44. The van der Waals surface area contributed by atoms with Gasteiger partial charge in [0.2, 0.25) is 0 Å². The molecule has 0 aromatic heterocycles. The van der Waals surface area contributed by atoms with Crippen LogP contribution in [0, 0.1) is 11.3 Å². The van der Waals surface area contributed by atoms with Crippen LogP contribution >= 0.6 is 0 Å². The van der Waals surface area contributed by atoms with E-state index in [0.717, 1.165) is 39.0 Å². The summed E-state index contributed by atoms with van der Waals surface area (Å²) in [6.07, 6.45) is 2.09. The van der Waals surface area contributed by atoms with Gasteiger partial charge in [0.15, 0.2) is 0 Å². The van der Waals surface area contributed by atoms with Crippen LogP contribution in [0.25, 0.3) is 0 Å². The van der Waals surface area contributed by atoms with Crippen molar-refractivity contribution in [2.75, 3.05) is 26.2 Å². The summed E-state index contributed by atoms with van der Waals surface area (Å²) in [5.74, 6) is 0.462. The van der Waals surface area contributed by atoms with Crippen LogP contribution in [-0.4, -0.2) is 42.3 Å². The number of likely N-dealkylation sites (tertiary alicyclic amines) is 1. The van der Waals surface area contributed by atoms with Gasteiger partial charge in [0.25, 0.3) is 0 Å². The highest BCUT2D eigenvalue weighted by Gasteiger charge is 2.30. The Morgan fingerprint density at radius 1 is 1.60 bits per heavy atom. The van der Waals surface area contributed by atoms with Crippen molar-refractivity contribution in [3.63, 3.8) is 0 Å². The van der Waals surface area contributed by atoms with Crippen LogP contribution in [0.15, 0.2) is 0 Å². The summed E-state index contributed by atoms with van der Waals surface area (Å²) in [6.45, 7) is 10.3. The first-order valence-corrected chi connectivity index (χ1v) is 6.11. The van der Waals surface area contributed by atoms with E-state index in [9.17, 15) is 5.11 Å². The summed E-state index contributed by atoms with van der Waals surface area (Å²) in [5, 5.41) is 9.53. The Morgan fingerprint density at radius 2 is 2.27 bits per heavy atom. The van der Waals surface area contributed by atoms with Gasteiger partial charge >= 0.3 is 0 Å². The average molecular weight is 214 g/mol. The van der Waals surface area contributed by atoms with E-state index in [4.69, 9.17) is 5.73 Å². The molecule has 1 rings (SSSR count). The molecule has 90 valence electrons. The lowest BCUT2D eigenvalue weighted by atomic mass is 9.87. The molecule has 3 atom stereocenters. The minimum Gasteiger partial charge on any atom is -0.393 e. The number of rotatable bonds is 5. The monoisotopic (exact) mass is 214 g/mol. The van der Waals surface area contributed by atoms with Crippen molar-refractivity contribution in [1.82, 2.24) is 4.90 Å². The molecule has 0 amide bonds. The largest absolute Gasteiger partial charge is 0.393 e. The van der Waals surface area contributed by atoms with E-state index >= 15 is 0 Å². The molecule has 0 spiro atoms. The molecule has 0 aliphatic carbocycles. The second-order valence-electron chi connectivity index (χ2n) is 5.39. The summed E-state index contributed by atoms with van der Waals surface area (Å²) >= 11 is 0. The van der Waals surface area contributed by atoms with Crippen molar-refractivity contribution in [1.29, 1.82) is 0 Å². The number of hydrogen-bond acceptors (Lipinski definition) is 3. The minimum absolute atomic E-state index is 0.166. The lowest BCUT2D eigenvalue weighted by Crippen LogP contribution is -2.39. The molecule has 1 aliphatic heterocycles. The number of aliphatic hydroxyl groups is 1. The Morgan fingerprint density at radius 3 is 2.67 bits per heavy atom. The Kier molecular flexibility index (Phi) is 4.56. The topological polar surface area (TPSA) is 49.5 Å². The van der Waals surface area contributed by atoms with Crippen molar-refractivity contribution >= 4 is 0 Å². The number of hydrogen-bond donors (Lipinski definition) is 2. The number of nitrogens with zero attached hydrogens (tertiary/aromatic N) is 1. The van der Waals surface area contributed by atoms with Crippen molar-refractivity contribution in [3.05, 3.63) is 0 Å². The van der Waals surface area contributed by atoms with Crippen LogP contribution in [0.5, 0.6) is 0 Å². The molecule has 0 aromatic rings. The first-order chi connectivity index (χ1) is 7.00. The number of nitrogens with two attached hydrogens (primary N) is 1. The third-order valence-electron chi connectivity index (χ3n) is 3.94. The molecule has 0 radical (unpaired) electrons. The zero-order valence-electron chi connectivity index (χ0n) is 10.4. The normalized spacial score (nSPS) is 29.0. The molecule has 15 heavy (non-hydrogen) atoms. The van der Waals surface area contributed by atoms with Gasteiger partial charge in [-0.15, -0.1) is 0 Å². The summed E-state index contributed by atoms with van der Waals surface area (Å²) in [6, 6.07) is 0. The van der Waals surface area contributed by atoms with Crippen LogP contribution < -0.4 is 5.73 Å². The average Bonchev–Trinajstić information content (AvgIpc) is 2.66. The molecular formula is C12H26N2O. The van der Waals surface area contributed by atoms with Gasteiger partial charge in [-0.2, -0.15) is 0 Å². The molecule has 0 bridgehead atoms. The summed E-state index contributed by atoms with van der Waals surface area (Å²) in [7, 11) is 0. The van der Waals surface area contributed by atoms with E-state index in [1.54, 1.807) is 0 Å². The quantitative estimate of drug-likeness (QED) is 0.719. The standard InChI is InChI=1S/C12H26N2O/c1-4-12(3,8-13)9-14-6-5-11(7-14)10(2)15/h10-11,15H,4-9,13H2,1-3H3. The van der Waals surface area contributed by atoms with E-state index in [0.29, 0.717) is 5.92 Å². The maximum Gasteiger partial charge on any atom is 0.0552 e. The first-order valence-electron chi connectivity index (χ1n) is 6.11. The fourth-order valence-electron chi connectivity index (χ4n) is 2.26. The summed E-state index contributed by atoms with van der Waals surface area (Å²) in [4.78, 5) is 2.45. The van der Waals surface area contributed by atoms with Crippen molar-refractivity contribution in [2.24, 2.45) is 17.1 Å². The summed E-state index contributed by atoms with van der Waals surface area (Å²) in [5.41, 5.74) is 6.06. The van der Waals surface area contributed by atoms with Crippen molar-refractivity contribution in [3.8, 4) is 0 Å². The first kappa shape index (κ1) is 12.9. The fourth-order valence-corrected chi connectivity index (χ4v) is 2.26. The Labute approximate surface area is 93.6 Å². The zero-order valence-corrected chi connectivity index (χ0v) is 10.4. The van der Waals surface area contributed by atoms with Crippen molar-refractivity contribution < 1.29 is 5.11 Å². The van der Waals surface area contributed by atoms with Gasteiger partial charge in [-0.25, -0.2) is 0 Å². The molecule has 3 N–H and O–H groups in total. The smallest absolute Gasteiger partial charge is 0.0552 e. The third-order valence-corrected chi connectivity index (χ3v) is 3.94. The van der Waals surface area contributed by atoms with Gasteiger partial charge in [0.1, 0.15) is 0 Å². The highest BCUT2D eigenvalue weighted by Crippen LogP contribution is 2.26. The van der Waals surface area contributed by atoms with Gasteiger partial charge in [0, 0.05) is 13.1 Å². The molecule has 1 fully saturated rings. The van der Waals surface area contributed by atoms with Gasteiger partial charge in [-0.1, -0.05) is 13.8 Å². The second kappa shape index (κ2) is 5.28. The van der Waals surface area contributed by atoms with Crippen LogP contribution in [0.2, 0.25) is 0 Å². The zero-order chi connectivity index (χ0) is 11.5. The van der Waals surface area contributed by atoms with E-state index in [-0.39, 0.29) is 11.5 Å². The molecule has 3 nitrogen and oxygen atoms in total. The molecule has 1 saturated heterocycles. The predicted molar refractivity (Wildman–Crippen MR) is 63.7 cm³/mol. The Hall–Kier alpha value is -0.120. The molecule has 1 heterocycles. The van der Waals surface area contributed by atoms with Gasteiger partial charge in [0.05, 0.1) is 6.10 Å². The molecule has 1 aliphatic rings. The highest BCUT2D eigenvalue weighted by atomic mass is 16.3. The Balaban J connectivity index is 2.41. The lowest BCUT2D eigenvalue weighted by molar-refractivity contribution is 0.119. The maximum absolute atomic E-state index is 9.53. The van der Waals surface area contributed by atoms with Crippen LogP contribution in [-0.2, 0) is 0 Å². The van der Waals surface area contributed by atoms with Crippen LogP contribution in [0.3, 0.4) is 0 Å². The Bertz CT molecular complexity index is 190. The molecule has 3 heteroatoms. The SMILES string of the molecule is CCC(C)(CN)CN1CCC(C(C)O)C1.